The molecule has 0 bridgehead atoms. The lowest BCUT2D eigenvalue weighted by molar-refractivity contribution is 0.768. The molecule has 0 fully saturated rings. The van der Waals surface area contributed by atoms with Crippen molar-refractivity contribution in [3.8, 4) is 66.8 Å². The summed E-state index contributed by atoms with van der Waals surface area (Å²) >= 11 is 0. The molecular formula is C67H47N. The first-order chi connectivity index (χ1) is 33.8. The van der Waals surface area contributed by atoms with E-state index in [1.807, 2.05) is 0 Å². The predicted octanol–water partition coefficient (Wildman–Crippen LogP) is 17.9. The van der Waals surface area contributed by atoms with Crippen LogP contribution in [0.15, 0.2) is 285 Å². The largest absolute Gasteiger partial charge is 0.309 e. The highest BCUT2D eigenvalue weighted by Crippen LogP contribution is 2.60. The summed E-state index contributed by atoms with van der Waals surface area (Å²) in [5, 5.41) is 0. The Labute approximate surface area is 399 Å². The number of rotatable bonds is 10. The van der Waals surface area contributed by atoms with E-state index in [1.165, 1.54) is 83.5 Å². The molecule has 0 unspecified atom stereocenters. The van der Waals surface area contributed by atoms with Crippen molar-refractivity contribution >= 4 is 17.1 Å². The summed E-state index contributed by atoms with van der Waals surface area (Å²) in [6.07, 6.45) is 0. The van der Waals surface area contributed by atoms with Crippen LogP contribution in [0, 0.1) is 0 Å². The zero-order chi connectivity index (χ0) is 45.3. The van der Waals surface area contributed by atoms with Crippen LogP contribution in [0.25, 0.3) is 66.8 Å². The number of hydrogen-bond donors (Lipinski definition) is 0. The molecule has 1 heteroatoms. The summed E-state index contributed by atoms with van der Waals surface area (Å²) in [5.41, 5.74) is 22.1. The molecule has 1 aliphatic carbocycles. The van der Waals surface area contributed by atoms with E-state index < -0.39 is 5.41 Å². The minimum Gasteiger partial charge on any atom is -0.309 e. The second-order valence-corrected chi connectivity index (χ2v) is 17.5. The van der Waals surface area contributed by atoms with E-state index in [4.69, 9.17) is 0 Å². The first-order valence-corrected chi connectivity index (χ1v) is 23.5. The smallest absolute Gasteiger partial charge is 0.0714 e. The van der Waals surface area contributed by atoms with E-state index in [0.717, 1.165) is 22.6 Å². The lowest BCUT2D eigenvalue weighted by atomic mass is 9.68. The highest BCUT2D eigenvalue weighted by atomic mass is 15.1. The lowest BCUT2D eigenvalue weighted by Gasteiger charge is -2.34. The number of fused-ring (bicyclic) bond motifs is 3. The van der Waals surface area contributed by atoms with Crippen LogP contribution in [-0.2, 0) is 5.41 Å². The van der Waals surface area contributed by atoms with Crippen molar-refractivity contribution in [1.29, 1.82) is 0 Å². The molecule has 0 saturated heterocycles. The summed E-state index contributed by atoms with van der Waals surface area (Å²) in [6.45, 7) is 0. The van der Waals surface area contributed by atoms with Crippen LogP contribution < -0.4 is 4.90 Å². The molecule has 0 saturated carbocycles. The van der Waals surface area contributed by atoms with Gasteiger partial charge in [-0.15, -0.1) is 0 Å². The minimum absolute atomic E-state index is 0.547. The summed E-state index contributed by atoms with van der Waals surface area (Å²) < 4.78 is 0. The highest BCUT2D eigenvalue weighted by Gasteiger charge is 2.47. The molecule has 0 heterocycles. The minimum atomic E-state index is -0.547. The molecule has 0 radical (unpaired) electrons. The topological polar surface area (TPSA) is 3.24 Å². The molecule has 0 aliphatic heterocycles. The van der Waals surface area contributed by atoms with E-state index in [-0.39, 0.29) is 0 Å². The molecule has 0 aromatic heterocycles. The molecule has 0 atom stereocenters. The average molecular weight is 866 g/mol. The molecule has 11 aromatic carbocycles. The van der Waals surface area contributed by atoms with Crippen molar-refractivity contribution in [2.45, 2.75) is 5.41 Å². The molecule has 0 amide bonds. The van der Waals surface area contributed by atoms with Gasteiger partial charge < -0.3 is 4.90 Å². The van der Waals surface area contributed by atoms with E-state index in [0.29, 0.717) is 0 Å². The zero-order valence-corrected chi connectivity index (χ0v) is 37.6. The Kier molecular flexibility index (Phi) is 10.5. The van der Waals surface area contributed by atoms with Crippen LogP contribution in [0.4, 0.5) is 17.1 Å². The van der Waals surface area contributed by atoms with Gasteiger partial charge in [-0.1, -0.05) is 261 Å². The van der Waals surface area contributed by atoms with E-state index >= 15 is 0 Å². The Morgan fingerprint density at radius 1 is 0.221 bits per heavy atom. The molecule has 68 heavy (non-hydrogen) atoms. The van der Waals surface area contributed by atoms with Crippen molar-refractivity contribution in [1.82, 2.24) is 0 Å². The fraction of sp³-hybridized carbons (Fsp3) is 0.0149. The molecule has 1 nitrogen and oxygen atoms in total. The van der Waals surface area contributed by atoms with Crippen LogP contribution in [0.2, 0.25) is 0 Å². The third-order valence-electron chi connectivity index (χ3n) is 13.8. The number of anilines is 3. The number of benzene rings is 11. The Bertz CT molecular complexity index is 3500. The highest BCUT2D eigenvalue weighted by molar-refractivity contribution is 6.02. The maximum Gasteiger partial charge on any atom is 0.0714 e. The normalized spacial score (nSPS) is 12.2. The fourth-order valence-corrected chi connectivity index (χ4v) is 10.9. The third-order valence-corrected chi connectivity index (χ3v) is 13.8. The van der Waals surface area contributed by atoms with Crippen LogP contribution >= 0.6 is 0 Å². The van der Waals surface area contributed by atoms with Gasteiger partial charge in [0.05, 0.1) is 16.8 Å². The molecule has 1 aliphatic rings. The standard InChI is InChI=1S/C67H47N/c1-5-24-48(25-6-1)54-32-13-14-33-55(54)50-44-46-53(47-45-50)68(64-42-22-20-38-60(64)59-37-18-17-36-58(59)57-35-16-15-34-56(57)49-26-7-2-8-27-49)65-43-23-41-63-66(65)61-39-19-21-40-62(61)67(63,51-28-9-3-10-29-51)52-30-11-4-12-31-52/h1-47H. The predicted molar refractivity (Wildman–Crippen MR) is 286 cm³/mol. The van der Waals surface area contributed by atoms with Crippen LogP contribution in [0.1, 0.15) is 22.3 Å². The van der Waals surface area contributed by atoms with Gasteiger partial charge >= 0.3 is 0 Å². The Morgan fingerprint density at radius 3 is 1.12 bits per heavy atom. The molecular weight excluding hydrogens is 819 g/mol. The van der Waals surface area contributed by atoms with Crippen molar-refractivity contribution in [3.63, 3.8) is 0 Å². The summed E-state index contributed by atoms with van der Waals surface area (Å²) in [7, 11) is 0. The monoisotopic (exact) mass is 865 g/mol. The van der Waals surface area contributed by atoms with Crippen LogP contribution in [0.5, 0.6) is 0 Å². The Hall–Kier alpha value is -8.78. The number of hydrogen-bond acceptors (Lipinski definition) is 1. The van der Waals surface area contributed by atoms with Gasteiger partial charge in [-0.05, 0) is 102 Å². The fourth-order valence-electron chi connectivity index (χ4n) is 10.9. The zero-order valence-electron chi connectivity index (χ0n) is 37.6. The maximum absolute atomic E-state index is 2.52. The Morgan fingerprint density at radius 2 is 0.574 bits per heavy atom. The average Bonchev–Trinajstić information content (AvgIpc) is 3.74. The number of nitrogens with zero attached hydrogens (tertiary/aromatic N) is 1. The van der Waals surface area contributed by atoms with E-state index in [1.54, 1.807) is 0 Å². The molecule has 320 valence electrons. The van der Waals surface area contributed by atoms with Crippen LogP contribution in [-0.4, -0.2) is 0 Å². The third kappa shape index (κ3) is 6.87. The van der Waals surface area contributed by atoms with Gasteiger partial charge in [0.15, 0.2) is 0 Å². The second-order valence-electron chi connectivity index (χ2n) is 17.5. The van der Waals surface area contributed by atoms with Gasteiger partial charge in [-0.25, -0.2) is 0 Å². The molecule has 0 N–H and O–H groups in total. The van der Waals surface area contributed by atoms with Crippen molar-refractivity contribution < 1.29 is 0 Å². The quantitative estimate of drug-likeness (QED) is 0.132. The van der Waals surface area contributed by atoms with Crippen molar-refractivity contribution in [2.75, 3.05) is 4.90 Å². The molecule has 0 spiro atoms. The van der Waals surface area contributed by atoms with Gasteiger partial charge in [0.1, 0.15) is 0 Å². The Balaban J connectivity index is 1.11. The maximum atomic E-state index is 2.52. The van der Waals surface area contributed by atoms with E-state index in [9.17, 15) is 0 Å². The van der Waals surface area contributed by atoms with Gasteiger partial charge in [0.2, 0.25) is 0 Å². The van der Waals surface area contributed by atoms with Crippen molar-refractivity contribution in [3.05, 3.63) is 307 Å². The van der Waals surface area contributed by atoms with Crippen molar-refractivity contribution in [2.24, 2.45) is 0 Å². The number of para-hydroxylation sites is 1. The van der Waals surface area contributed by atoms with Gasteiger partial charge in [0, 0.05) is 16.8 Å². The van der Waals surface area contributed by atoms with Gasteiger partial charge in [-0.2, -0.15) is 0 Å². The summed E-state index contributed by atoms with van der Waals surface area (Å²) in [5.74, 6) is 0. The first kappa shape index (κ1) is 40.7. The summed E-state index contributed by atoms with van der Waals surface area (Å²) in [4.78, 5) is 2.52. The second kappa shape index (κ2) is 17.5. The lowest BCUT2D eigenvalue weighted by Crippen LogP contribution is -2.28. The van der Waals surface area contributed by atoms with Gasteiger partial charge in [0.25, 0.3) is 0 Å². The van der Waals surface area contributed by atoms with E-state index in [2.05, 4.69) is 290 Å². The summed E-state index contributed by atoms with van der Waals surface area (Å²) in [6, 6.07) is 104. The van der Waals surface area contributed by atoms with Crippen LogP contribution in [0.3, 0.4) is 0 Å². The molecule has 11 aromatic rings. The van der Waals surface area contributed by atoms with Gasteiger partial charge in [-0.3, -0.25) is 0 Å². The first-order valence-electron chi connectivity index (χ1n) is 23.5. The SMILES string of the molecule is c1ccc(-c2ccccc2-c2ccc(N(c3ccccc3-c3ccccc3-c3ccccc3-c3ccccc3)c3cccc4c3-c3ccccc3C4(c3ccccc3)c3ccccc3)cc2)cc1. The molecule has 12 rings (SSSR count).